The molecule has 1 aromatic heterocycles. The first-order valence-corrected chi connectivity index (χ1v) is 5.80. The Morgan fingerprint density at radius 1 is 1.67 bits per heavy atom. The van der Waals surface area contributed by atoms with Crippen LogP contribution in [-0.2, 0) is 11.2 Å². The van der Waals surface area contributed by atoms with Gasteiger partial charge in [-0.15, -0.1) is 0 Å². The molecule has 0 spiro atoms. The summed E-state index contributed by atoms with van der Waals surface area (Å²) >= 11 is 6.22. The molecule has 18 heavy (non-hydrogen) atoms. The quantitative estimate of drug-likeness (QED) is 0.323. The van der Waals surface area contributed by atoms with Crippen molar-refractivity contribution in [2.75, 3.05) is 0 Å². The van der Waals surface area contributed by atoms with E-state index in [0.717, 1.165) is 30.3 Å². The third kappa shape index (κ3) is 1.44. The van der Waals surface area contributed by atoms with Crippen LogP contribution < -0.4 is 10.8 Å². The van der Waals surface area contributed by atoms with Crippen molar-refractivity contribution in [3.63, 3.8) is 0 Å². The fraction of sp³-hybridized carbons (Fsp3) is 0.273. The van der Waals surface area contributed by atoms with E-state index in [1.165, 1.54) is 0 Å². The Morgan fingerprint density at radius 2 is 2.50 bits per heavy atom. The zero-order valence-electron chi connectivity index (χ0n) is 9.20. The van der Waals surface area contributed by atoms with Crippen LogP contribution in [0.25, 0.3) is 5.70 Å². The average Bonchev–Trinajstić information content (AvgIpc) is 2.93. The minimum absolute atomic E-state index is 0.102. The zero-order valence-corrected chi connectivity index (χ0v) is 9.95. The SMILES string of the molecule is O=C=C1NC2CCc3c(Cl)c(/N=C/NO)nc1c32. The fourth-order valence-corrected chi connectivity index (χ4v) is 2.78. The maximum atomic E-state index is 10.9. The first-order chi connectivity index (χ1) is 8.76. The Kier molecular flexibility index (Phi) is 2.56. The van der Waals surface area contributed by atoms with Crippen LogP contribution in [0.5, 0.6) is 0 Å². The molecule has 1 unspecified atom stereocenters. The minimum atomic E-state index is 0.102. The molecule has 1 aromatic rings. The Hall–Kier alpha value is -1.88. The van der Waals surface area contributed by atoms with Crippen LogP contribution in [0.2, 0.25) is 5.02 Å². The summed E-state index contributed by atoms with van der Waals surface area (Å²) in [5, 5.41) is 12.0. The third-order valence-corrected chi connectivity index (χ3v) is 3.59. The number of rotatable bonds is 2. The Balaban J connectivity index is 2.23. The highest BCUT2D eigenvalue weighted by molar-refractivity contribution is 6.33. The molecular weight excluding hydrogens is 256 g/mol. The van der Waals surface area contributed by atoms with E-state index >= 15 is 0 Å². The average molecular weight is 265 g/mol. The molecule has 1 atom stereocenters. The van der Waals surface area contributed by atoms with Crippen molar-refractivity contribution in [3.8, 4) is 0 Å². The molecule has 3 N–H and O–H groups in total. The van der Waals surface area contributed by atoms with E-state index in [2.05, 4.69) is 15.3 Å². The molecule has 6 nitrogen and oxygen atoms in total. The summed E-state index contributed by atoms with van der Waals surface area (Å²) in [6, 6.07) is 0.102. The number of nitrogens with zero attached hydrogens (tertiary/aromatic N) is 2. The predicted molar refractivity (Wildman–Crippen MR) is 65.6 cm³/mol. The Labute approximate surface area is 107 Å². The van der Waals surface area contributed by atoms with E-state index in [1.807, 2.05) is 5.94 Å². The van der Waals surface area contributed by atoms with Crippen LogP contribution in [0, 0.1) is 0 Å². The summed E-state index contributed by atoms with van der Waals surface area (Å²) in [6.07, 6.45) is 2.77. The van der Waals surface area contributed by atoms with Gasteiger partial charge in [0.1, 0.15) is 17.7 Å². The van der Waals surface area contributed by atoms with E-state index < -0.39 is 0 Å². The second kappa shape index (κ2) is 4.10. The molecule has 3 rings (SSSR count). The van der Waals surface area contributed by atoms with Crippen LogP contribution in [0.1, 0.15) is 29.3 Å². The van der Waals surface area contributed by atoms with Gasteiger partial charge in [-0.2, -0.15) is 0 Å². The number of aromatic nitrogens is 1. The van der Waals surface area contributed by atoms with Gasteiger partial charge in [-0.1, -0.05) is 11.6 Å². The number of aliphatic imine (C=N–C) groups is 1. The van der Waals surface area contributed by atoms with Crippen molar-refractivity contribution < 1.29 is 10.0 Å². The summed E-state index contributed by atoms with van der Waals surface area (Å²) in [5.41, 5.74) is 4.66. The number of hydrogen-bond acceptors (Lipinski definition) is 5. The molecule has 1 aliphatic carbocycles. The Bertz CT molecular complexity index is 608. The van der Waals surface area contributed by atoms with Gasteiger partial charge < -0.3 is 5.32 Å². The van der Waals surface area contributed by atoms with Gasteiger partial charge in [0.25, 0.3) is 0 Å². The van der Waals surface area contributed by atoms with Gasteiger partial charge in [0.15, 0.2) is 11.8 Å². The number of pyridine rings is 1. The molecule has 2 aliphatic rings. The topological polar surface area (TPSA) is 86.6 Å². The van der Waals surface area contributed by atoms with Crippen LogP contribution in [0.3, 0.4) is 0 Å². The van der Waals surface area contributed by atoms with E-state index in [4.69, 9.17) is 16.8 Å². The van der Waals surface area contributed by atoms with Crippen molar-refractivity contribution in [3.05, 3.63) is 21.8 Å². The lowest BCUT2D eigenvalue weighted by molar-refractivity contribution is 0.240. The molecule has 92 valence electrons. The van der Waals surface area contributed by atoms with Crippen LogP contribution in [0.15, 0.2) is 4.99 Å². The van der Waals surface area contributed by atoms with Crippen molar-refractivity contribution in [2.45, 2.75) is 18.9 Å². The molecule has 0 amide bonds. The zero-order chi connectivity index (χ0) is 12.7. The van der Waals surface area contributed by atoms with Gasteiger partial charge in [0.2, 0.25) is 0 Å². The molecular formula is C11H9ClN4O2. The number of nitrogens with one attached hydrogen (secondary N) is 2. The van der Waals surface area contributed by atoms with Crippen molar-refractivity contribution in [1.29, 1.82) is 0 Å². The van der Waals surface area contributed by atoms with Gasteiger partial charge in [0, 0.05) is 5.56 Å². The summed E-state index contributed by atoms with van der Waals surface area (Å²) in [4.78, 5) is 19.0. The molecule has 0 radical (unpaired) electrons. The van der Waals surface area contributed by atoms with E-state index in [9.17, 15) is 4.79 Å². The van der Waals surface area contributed by atoms with E-state index in [-0.39, 0.29) is 11.9 Å². The van der Waals surface area contributed by atoms with Gasteiger partial charge >= 0.3 is 0 Å². The molecule has 0 saturated heterocycles. The second-order valence-corrected chi connectivity index (χ2v) is 4.47. The second-order valence-electron chi connectivity index (χ2n) is 4.09. The number of carbonyl (C=O) groups excluding carboxylic acids is 1. The molecule has 0 fully saturated rings. The molecule has 7 heteroatoms. The normalized spacial score (nSPS) is 19.9. The lowest BCUT2D eigenvalue weighted by Crippen LogP contribution is -2.09. The van der Waals surface area contributed by atoms with E-state index in [0.29, 0.717) is 16.4 Å². The largest absolute Gasteiger partial charge is 0.367 e. The third-order valence-electron chi connectivity index (χ3n) is 3.19. The standard InChI is InChI=1S/C11H9ClN4O2/c12-9-5-1-2-6-8(5)10(7(3-17)15-6)16-11(9)13-4-14-18/h4,6,15,18H,1-2H2,(H,13,14,16). The summed E-state index contributed by atoms with van der Waals surface area (Å²) in [5.74, 6) is 2.13. The van der Waals surface area contributed by atoms with Gasteiger partial charge in [-0.3, -0.25) is 10.7 Å². The maximum Gasteiger partial charge on any atom is 0.173 e. The molecule has 1 aliphatic heterocycles. The molecule has 2 heterocycles. The summed E-state index contributed by atoms with van der Waals surface area (Å²) in [7, 11) is 0. The smallest absolute Gasteiger partial charge is 0.173 e. The number of hydrogen-bond donors (Lipinski definition) is 3. The van der Waals surface area contributed by atoms with Gasteiger partial charge in [0.05, 0.1) is 11.1 Å². The monoisotopic (exact) mass is 264 g/mol. The van der Waals surface area contributed by atoms with Crippen molar-refractivity contribution >= 4 is 35.4 Å². The lowest BCUT2D eigenvalue weighted by Gasteiger charge is -2.06. The first kappa shape index (κ1) is 11.2. The van der Waals surface area contributed by atoms with E-state index in [1.54, 1.807) is 5.48 Å². The molecule has 0 aromatic carbocycles. The van der Waals surface area contributed by atoms with Crippen molar-refractivity contribution in [2.24, 2.45) is 4.99 Å². The highest BCUT2D eigenvalue weighted by Crippen LogP contribution is 2.46. The highest BCUT2D eigenvalue weighted by Gasteiger charge is 2.37. The number of halogens is 1. The van der Waals surface area contributed by atoms with Crippen LogP contribution in [0.4, 0.5) is 5.82 Å². The highest BCUT2D eigenvalue weighted by atomic mass is 35.5. The Morgan fingerprint density at radius 3 is 3.22 bits per heavy atom. The van der Waals surface area contributed by atoms with Crippen LogP contribution in [-0.4, -0.2) is 22.5 Å². The summed E-state index contributed by atoms with van der Waals surface area (Å²) in [6.45, 7) is 0. The number of hydroxylamine groups is 1. The fourth-order valence-electron chi connectivity index (χ4n) is 2.49. The maximum absolute atomic E-state index is 10.9. The van der Waals surface area contributed by atoms with Crippen LogP contribution >= 0.6 is 11.6 Å². The first-order valence-electron chi connectivity index (χ1n) is 5.42. The molecule has 0 saturated carbocycles. The van der Waals surface area contributed by atoms with Gasteiger partial charge in [-0.05, 0) is 18.4 Å². The summed E-state index contributed by atoms with van der Waals surface area (Å²) < 4.78 is 0. The van der Waals surface area contributed by atoms with Crippen molar-refractivity contribution in [1.82, 2.24) is 15.8 Å². The molecule has 0 bridgehead atoms. The minimum Gasteiger partial charge on any atom is -0.367 e. The lowest BCUT2D eigenvalue weighted by atomic mass is 10.1. The predicted octanol–water partition coefficient (Wildman–Crippen LogP) is 1.14. The van der Waals surface area contributed by atoms with Gasteiger partial charge in [-0.25, -0.2) is 14.8 Å².